The van der Waals surface area contributed by atoms with Gasteiger partial charge in [-0.05, 0) is 31.4 Å². The monoisotopic (exact) mass is 384 g/mol. The molecule has 1 aliphatic heterocycles. The molecular formula is C18H26Cl2N4O. The first-order valence-electron chi connectivity index (χ1n) is 8.22. The summed E-state index contributed by atoms with van der Waals surface area (Å²) in [4.78, 5) is 22.4. The summed E-state index contributed by atoms with van der Waals surface area (Å²) < 4.78 is 0. The first-order valence-corrected chi connectivity index (χ1v) is 8.22. The molecule has 25 heavy (non-hydrogen) atoms. The van der Waals surface area contributed by atoms with E-state index < -0.39 is 0 Å². The van der Waals surface area contributed by atoms with Crippen molar-refractivity contribution in [2.45, 2.75) is 32.7 Å². The number of nitrogens with one attached hydrogen (secondary N) is 1. The number of aryl methyl sites for hydroxylation is 1. The Hall–Kier alpha value is -1.56. The number of nitrogens with two attached hydrogens (primary N) is 1. The van der Waals surface area contributed by atoms with Crippen molar-refractivity contribution in [3.8, 4) is 11.3 Å². The molecule has 138 valence electrons. The van der Waals surface area contributed by atoms with Crippen LogP contribution in [0.4, 0.5) is 0 Å². The predicted octanol–water partition coefficient (Wildman–Crippen LogP) is 3.49. The van der Waals surface area contributed by atoms with E-state index in [0.29, 0.717) is 6.54 Å². The smallest absolute Gasteiger partial charge is 0.227 e. The van der Waals surface area contributed by atoms with Crippen LogP contribution in [0.25, 0.3) is 11.3 Å². The Balaban J connectivity index is 0.00000156. The third-order valence-corrected chi connectivity index (χ3v) is 4.55. The maximum Gasteiger partial charge on any atom is 0.227 e. The van der Waals surface area contributed by atoms with E-state index in [9.17, 15) is 4.79 Å². The number of benzene rings is 1. The average molecular weight is 385 g/mol. The molecule has 3 N–H and O–H groups in total. The molecule has 0 saturated carbocycles. The first-order chi connectivity index (χ1) is 11.1. The molecule has 2 unspecified atom stereocenters. The third-order valence-electron chi connectivity index (χ3n) is 4.55. The van der Waals surface area contributed by atoms with Gasteiger partial charge >= 0.3 is 0 Å². The molecule has 1 amide bonds. The van der Waals surface area contributed by atoms with Gasteiger partial charge in [0.15, 0.2) is 0 Å². The molecule has 0 aliphatic carbocycles. The van der Waals surface area contributed by atoms with Crippen LogP contribution < -0.4 is 5.73 Å². The van der Waals surface area contributed by atoms with Crippen LogP contribution >= 0.6 is 24.8 Å². The second kappa shape index (κ2) is 9.22. The van der Waals surface area contributed by atoms with Crippen LogP contribution in [0, 0.1) is 12.8 Å². The van der Waals surface area contributed by atoms with Gasteiger partial charge in [0, 0.05) is 19.0 Å². The van der Waals surface area contributed by atoms with E-state index in [1.54, 1.807) is 0 Å². The van der Waals surface area contributed by atoms with E-state index in [1.165, 1.54) is 5.56 Å². The van der Waals surface area contributed by atoms with Crippen molar-refractivity contribution in [2.24, 2.45) is 11.7 Å². The highest BCUT2D eigenvalue weighted by molar-refractivity contribution is 5.85. The highest BCUT2D eigenvalue weighted by atomic mass is 35.5. The number of hydrogen-bond donors (Lipinski definition) is 2. The minimum absolute atomic E-state index is 0. The van der Waals surface area contributed by atoms with Gasteiger partial charge in [-0.15, -0.1) is 24.8 Å². The Labute approximate surface area is 161 Å². The summed E-state index contributed by atoms with van der Waals surface area (Å²) in [7, 11) is 0. The van der Waals surface area contributed by atoms with Gasteiger partial charge in [0.05, 0.1) is 17.9 Å². The highest BCUT2D eigenvalue weighted by Gasteiger charge is 2.33. The van der Waals surface area contributed by atoms with Gasteiger partial charge in [-0.25, -0.2) is 4.98 Å². The van der Waals surface area contributed by atoms with Gasteiger partial charge in [-0.2, -0.15) is 0 Å². The van der Waals surface area contributed by atoms with E-state index >= 15 is 0 Å². The van der Waals surface area contributed by atoms with Crippen LogP contribution in [0.15, 0.2) is 30.5 Å². The van der Waals surface area contributed by atoms with Crippen LogP contribution in [-0.4, -0.2) is 33.9 Å². The number of aromatic nitrogens is 2. The number of aromatic amines is 1. The van der Waals surface area contributed by atoms with Crippen molar-refractivity contribution in [2.75, 3.05) is 13.1 Å². The summed E-state index contributed by atoms with van der Waals surface area (Å²) in [5.74, 6) is 0.863. The lowest BCUT2D eigenvalue weighted by Gasteiger charge is -2.25. The van der Waals surface area contributed by atoms with Crippen LogP contribution in [0.5, 0.6) is 0 Å². The fourth-order valence-corrected chi connectivity index (χ4v) is 3.16. The molecule has 0 radical (unpaired) electrons. The second-order valence-electron chi connectivity index (χ2n) is 6.38. The fraction of sp³-hybridized carbons (Fsp3) is 0.444. The summed E-state index contributed by atoms with van der Waals surface area (Å²) >= 11 is 0. The molecule has 2 atom stereocenters. The lowest BCUT2D eigenvalue weighted by Crippen LogP contribution is -2.37. The zero-order valence-corrected chi connectivity index (χ0v) is 16.2. The summed E-state index contributed by atoms with van der Waals surface area (Å²) in [5, 5.41) is 0. The Morgan fingerprint density at radius 3 is 2.88 bits per heavy atom. The largest absolute Gasteiger partial charge is 0.340 e. The molecule has 0 spiro atoms. The van der Waals surface area contributed by atoms with Crippen molar-refractivity contribution in [1.29, 1.82) is 0 Å². The molecule has 1 fully saturated rings. The molecule has 1 aromatic carbocycles. The number of nitrogens with zero attached hydrogens (tertiary/aromatic N) is 2. The van der Waals surface area contributed by atoms with Crippen molar-refractivity contribution in [3.05, 3.63) is 41.9 Å². The lowest BCUT2D eigenvalue weighted by atomic mass is 10.1. The van der Waals surface area contributed by atoms with Gasteiger partial charge in [-0.3, -0.25) is 4.79 Å². The van der Waals surface area contributed by atoms with Crippen molar-refractivity contribution in [3.63, 3.8) is 0 Å². The van der Waals surface area contributed by atoms with E-state index in [1.807, 2.05) is 24.1 Å². The number of rotatable bonds is 4. The fourth-order valence-electron chi connectivity index (χ4n) is 3.16. The molecule has 3 rings (SSSR count). The molecule has 7 heteroatoms. The minimum Gasteiger partial charge on any atom is -0.340 e. The van der Waals surface area contributed by atoms with Crippen molar-refractivity contribution in [1.82, 2.24) is 14.9 Å². The molecular weight excluding hydrogens is 359 g/mol. The SMILES string of the molecule is Cc1cccc(-c2cnc(C3CCCN3C(=O)C(C)CN)[nH]2)c1.Cl.Cl. The number of H-pyrrole nitrogens is 1. The number of amides is 1. The predicted molar refractivity (Wildman–Crippen MR) is 105 cm³/mol. The van der Waals surface area contributed by atoms with E-state index in [2.05, 4.69) is 35.1 Å². The maximum absolute atomic E-state index is 12.5. The van der Waals surface area contributed by atoms with Gasteiger partial charge < -0.3 is 15.6 Å². The zero-order valence-electron chi connectivity index (χ0n) is 14.6. The lowest BCUT2D eigenvalue weighted by molar-refractivity contribution is -0.135. The number of hydrogen-bond acceptors (Lipinski definition) is 3. The molecule has 1 aromatic heterocycles. The van der Waals surface area contributed by atoms with E-state index in [0.717, 1.165) is 36.5 Å². The quantitative estimate of drug-likeness (QED) is 0.846. The Morgan fingerprint density at radius 2 is 2.20 bits per heavy atom. The van der Waals surface area contributed by atoms with Crippen molar-refractivity contribution < 1.29 is 4.79 Å². The first kappa shape index (κ1) is 21.5. The number of carbonyl (C=O) groups is 1. The van der Waals surface area contributed by atoms with Gasteiger partial charge in [0.25, 0.3) is 0 Å². The topological polar surface area (TPSA) is 75.0 Å². The standard InChI is InChI=1S/C18H24N4O.2ClH/c1-12-5-3-6-14(9-12)15-11-20-17(21-15)16-7-4-8-22(16)18(23)13(2)10-19;;/h3,5-6,9,11,13,16H,4,7-8,10,19H2,1-2H3,(H,20,21);2*1H. The number of likely N-dealkylation sites (tertiary alicyclic amines) is 1. The van der Waals surface area contributed by atoms with Crippen LogP contribution in [0.1, 0.15) is 37.2 Å². The Morgan fingerprint density at radius 1 is 1.44 bits per heavy atom. The average Bonchev–Trinajstić information content (AvgIpc) is 3.22. The van der Waals surface area contributed by atoms with E-state index in [4.69, 9.17) is 5.73 Å². The maximum atomic E-state index is 12.5. The summed E-state index contributed by atoms with van der Waals surface area (Å²) in [6, 6.07) is 8.35. The van der Waals surface area contributed by atoms with Gasteiger partial charge in [0.1, 0.15) is 5.82 Å². The summed E-state index contributed by atoms with van der Waals surface area (Å²) in [5.41, 5.74) is 8.98. The summed E-state index contributed by atoms with van der Waals surface area (Å²) in [6.45, 7) is 5.13. The van der Waals surface area contributed by atoms with Crippen molar-refractivity contribution >= 4 is 30.7 Å². The molecule has 1 aliphatic rings. The normalized spacial score (nSPS) is 17.6. The molecule has 0 bridgehead atoms. The highest BCUT2D eigenvalue weighted by Crippen LogP contribution is 2.32. The number of carbonyl (C=O) groups excluding carboxylic acids is 1. The molecule has 2 heterocycles. The molecule has 2 aromatic rings. The third kappa shape index (κ3) is 4.54. The molecule has 5 nitrogen and oxygen atoms in total. The number of halogens is 2. The Bertz CT molecular complexity index is 704. The van der Waals surface area contributed by atoms with Crippen LogP contribution in [0.2, 0.25) is 0 Å². The van der Waals surface area contributed by atoms with Gasteiger partial charge in [0.2, 0.25) is 5.91 Å². The zero-order chi connectivity index (χ0) is 16.4. The Kier molecular flexibility index (Phi) is 7.93. The van der Waals surface area contributed by atoms with Crippen LogP contribution in [0.3, 0.4) is 0 Å². The van der Waals surface area contributed by atoms with Gasteiger partial charge in [-0.1, -0.05) is 30.7 Å². The minimum atomic E-state index is -0.137. The van der Waals surface area contributed by atoms with Crippen LogP contribution in [-0.2, 0) is 4.79 Å². The molecule has 1 saturated heterocycles. The second-order valence-corrected chi connectivity index (χ2v) is 6.38. The number of imidazole rings is 1. The summed E-state index contributed by atoms with van der Waals surface area (Å²) in [6.07, 6.45) is 3.81. The van der Waals surface area contributed by atoms with E-state index in [-0.39, 0.29) is 42.7 Å².